The average Bonchev–Trinajstić information content (AvgIpc) is 2.97. The Labute approximate surface area is 164 Å². The summed E-state index contributed by atoms with van der Waals surface area (Å²) < 4.78 is 45.3. The molecule has 0 spiro atoms. The molecule has 0 radical (unpaired) electrons. The maximum absolute atomic E-state index is 13.1. The number of hydrogen-bond donors (Lipinski definition) is 1. The van der Waals surface area contributed by atoms with E-state index in [1.807, 2.05) is 4.90 Å². The summed E-state index contributed by atoms with van der Waals surface area (Å²) in [4.78, 5) is 16.2. The molecule has 2 aliphatic rings. The number of fused-ring (bicyclic) bond motifs is 1. The monoisotopic (exact) mass is 413 g/mol. The van der Waals surface area contributed by atoms with Crippen LogP contribution in [0.25, 0.3) is 5.65 Å². The fourth-order valence-electron chi connectivity index (χ4n) is 3.58. The summed E-state index contributed by atoms with van der Waals surface area (Å²) in [6, 6.07) is 3.10. The van der Waals surface area contributed by atoms with E-state index >= 15 is 0 Å². The molecule has 2 amide bonds. The van der Waals surface area contributed by atoms with Gasteiger partial charge in [0.05, 0.1) is 0 Å². The van der Waals surface area contributed by atoms with E-state index in [0.29, 0.717) is 51.6 Å². The summed E-state index contributed by atoms with van der Waals surface area (Å²) in [5.74, 6) is -0.754. The van der Waals surface area contributed by atoms with Gasteiger partial charge in [-0.1, -0.05) is 0 Å². The molecule has 2 aromatic heterocycles. The van der Waals surface area contributed by atoms with Gasteiger partial charge in [0.15, 0.2) is 5.65 Å². The highest BCUT2D eigenvalue weighted by molar-refractivity contribution is 5.74. The second-order valence-corrected chi connectivity index (χ2v) is 7.15. The van der Waals surface area contributed by atoms with Crippen molar-refractivity contribution in [3.63, 3.8) is 0 Å². The number of urea groups is 1. The number of carbonyl (C=O) groups is 1. The van der Waals surface area contributed by atoms with Gasteiger partial charge in [-0.15, -0.1) is 15.3 Å². The number of ether oxygens (including phenoxy) is 1. The number of carbonyl (C=O) groups excluding carboxylic acids is 1. The number of hydrogen-bond acceptors (Lipinski definition) is 6. The van der Waals surface area contributed by atoms with Gasteiger partial charge in [0.25, 0.3) is 5.82 Å². The first-order valence-electron chi connectivity index (χ1n) is 9.59. The number of amides is 2. The zero-order chi connectivity index (χ0) is 20.4. The molecule has 9 nitrogen and oxygen atoms in total. The van der Waals surface area contributed by atoms with Crippen LogP contribution in [0.2, 0.25) is 0 Å². The first-order valence-corrected chi connectivity index (χ1v) is 9.59. The van der Waals surface area contributed by atoms with E-state index in [1.54, 1.807) is 11.0 Å². The Bertz CT molecular complexity index is 866. The minimum absolute atomic E-state index is 0.0355. The van der Waals surface area contributed by atoms with E-state index in [0.717, 1.165) is 17.4 Å². The van der Waals surface area contributed by atoms with Crippen LogP contribution in [-0.2, 0) is 10.9 Å². The largest absolute Gasteiger partial charge is 0.453 e. The van der Waals surface area contributed by atoms with Gasteiger partial charge in [0, 0.05) is 45.4 Å². The van der Waals surface area contributed by atoms with Crippen LogP contribution in [0.3, 0.4) is 0 Å². The van der Waals surface area contributed by atoms with E-state index in [1.165, 1.54) is 6.07 Å². The standard InChI is InChI=1S/C17H22F3N7O2/c18-17(19,20)15-23-22-13-2-3-14(24-27(13)15)25-6-1-7-26(9-8-25)16(28)21-12-4-10-29-11-5-12/h2-3,12H,1,4-11H2,(H,21,28). The molecule has 1 N–H and O–H groups in total. The Hall–Kier alpha value is -2.63. The highest BCUT2D eigenvalue weighted by Gasteiger charge is 2.38. The van der Waals surface area contributed by atoms with Crippen molar-refractivity contribution in [2.75, 3.05) is 44.3 Å². The lowest BCUT2D eigenvalue weighted by molar-refractivity contribution is -0.146. The Kier molecular flexibility index (Phi) is 5.43. The lowest BCUT2D eigenvalue weighted by Crippen LogP contribution is -2.47. The third-order valence-corrected chi connectivity index (χ3v) is 5.16. The van der Waals surface area contributed by atoms with Crippen LogP contribution < -0.4 is 10.2 Å². The number of alkyl halides is 3. The molecule has 0 bridgehead atoms. The van der Waals surface area contributed by atoms with Gasteiger partial charge < -0.3 is 19.9 Å². The minimum atomic E-state index is -4.64. The molecule has 12 heteroatoms. The smallest absolute Gasteiger partial charge is 0.381 e. The molecule has 0 aliphatic carbocycles. The van der Waals surface area contributed by atoms with Gasteiger partial charge in [0.1, 0.15) is 5.82 Å². The molecule has 0 saturated carbocycles. The molecule has 2 fully saturated rings. The second kappa shape index (κ2) is 8.01. The summed E-state index contributed by atoms with van der Waals surface area (Å²) in [5.41, 5.74) is 0.0355. The minimum Gasteiger partial charge on any atom is -0.381 e. The lowest BCUT2D eigenvalue weighted by atomic mass is 10.1. The van der Waals surface area contributed by atoms with Crippen LogP contribution in [0.5, 0.6) is 0 Å². The summed E-state index contributed by atoms with van der Waals surface area (Å²) >= 11 is 0. The Morgan fingerprint density at radius 2 is 1.90 bits per heavy atom. The van der Waals surface area contributed by atoms with Gasteiger partial charge in [-0.3, -0.25) is 0 Å². The number of rotatable bonds is 2. The molecular formula is C17H22F3N7O2. The molecule has 4 rings (SSSR count). The van der Waals surface area contributed by atoms with Crippen molar-refractivity contribution < 1.29 is 22.7 Å². The van der Waals surface area contributed by atoms with Gasteiger partial charge >= 0.3 is 12.2 Å². The van der Waals surface area contributed by atoms with Gasteiger partial charge in [0.2, 0.25) is 0 Å². The van der Waals surface area contributed by atoms with E-state index in [2.05, 4.69) is 20.6 Å². The van der Waals surface area contributed by atoms with Gasteiger partial charge in [-0.2, -0.15) is 17.7 Å². The maximum atomic E-state index is 13.1. The predicted octanol–water partition coefficient (Wildman–Crippen LogP) is 1.54. The first-order chi connectivity index (χ1) is 13.9. The third kappa shape index (κ3) is 4.36. The summed E-state index contributed by atoms with van der Waals surface area (Å²) in [6.07, 6.45) is -2.34. The molecule has 4 heterocycles. The molecule has 158 valence electrons. The van der Waals surface area contributed by atoms with Crippen LogP contribution in [0.15, 0.2) is 12.1 Å². The maximum Gasteiger partial charge on any atom is 0.453 e. The van der Waals surface area contributed by atoms with Crippen molar-refractivity contribution in [1.29, 1.82) is 0 Å². The van der Waals surface area contributed by atoms with Gasteiger partial charge in [-0.05, 0) is 31.4 Å². The summed E-state index contributed by atoms with van der Waals surface area (Å²) in [6.45, 7) is 3.40. The highest BCUT2D eigenvalue weighted by atomic mass is 19.4. The van der Waals surface area contributed by atoms with Crippen molar-refractivity contribution in [2.24, 2.45) is 0 Å². The zero-order valence-corrected chi connectivity index (χ0v) is 15.7. The molecule has 0 aromatic carbocycles. The molecule has 29 heavy (non-hydrogen) atoms. The Morgan fingerprint density at radius 1 is 1.10 bits per heavy atom. The number of aromatic nitrogens is 4. The molecule has 2 aliphatic heterocycles. The normalized spacial score (nSPS) is 19.4. The fraction of sp³-hybridized carbons (Fsp3) is 0.647. The van der Waals surface area contributed by atoms with Crippen molar-refractivity contribution >= 4 is 17.5 Å². The van der Waals surface area contributed by atoms with E-state index < -0.39 is 12.0 Å². The van der Waals surface area contributed by atoms with E-state index in [4.69, 9.17) is 4.74 Å². The molecular weight excluding hydrogens is 391 g/mol. The molecule has 2 saturated heterocycles. The predicted molar refractivity (Wildman–Crippen MR) is 96.6 cm³/mol. The Balaban J connectivity index is 1.43. The van der Waals surface area contributed by atoms with Crippen LogP contribution in [0.1, 0.15) is 25.1 Å². The van der Waals surface area contributed by atoms with Crippen molar-refractivity contribution in [3.05, 3.63) is 18.0 Å². The summed E-state index contributed by atoms with van der Waals surface area (Å²) in [7, 11) is 0. The van der Waals surface area contributed by atoms with Crippen LogP contribution in [0, 0.1) is 0 Å². The van der Waals surface area contributed by atoms with Gasteiger partial charge in [-0.25, -0.2) is 4.79 Å². The quantitative estimate of drug-likeness (QED) is 0.804. The van der Waals surface area contributed by atoms with Crippen molar-refractivity contribution in [1.82, 2.24) is 30.0 Å². The number of nitrogens with zero attached hydrogens (tertiary/aromatic N) is 6. The molecule has 0 unspecified atom stereocenters. The summed E-state index contributed by atoms with van der Waals surface area (Å²) in [5, 5.41) is 13.9. The van der Waals surface area contributed by atoms with E-state index in [-0.39, 0.29) is 17.7 Å². The van der Waals surface area contributed by atoms with Crippen molar-refractivity contribution in [3.8, 4) is 0 Å². The topological polar surface area (TPSA) is 87.9 Å². The number of nitrogens with one attached hydrogen (secondary N) is 1. The van der Waals surface area contributed by atoms with E-state index in [9.17, 15) is 18.0 Å². The Morgan fingerprint density at radius 3 is 2.66 bits per heavy atom. The number of anilines is 1. The third-order valence-electron chi connectivity index (χ3n) is 5.16. The highest BCUT2D eigenvalue weighted by Crippen LogP contribution is 2.28. The molecule has 2 aromatic rings. The van der Waals surface area contributed by atoms with Crippen LogP contribution >= 0.6 is 0 Å². The van der Waals surface area contributed by atoms with Crippen molar-refractivity contribution in [2.45, 2.75) is 31.5 Å². The first kappa shape index (κ1) is 19.7. The fourth-order valence-corrected chi connectivity index (χ4v) is 3.58. The average molecular weight is 413 g/mol. The number of halogens is 3. The van der Waals surface area contributed by atoms with Crippen LogP contribution in [-0.4, -0.2) is 76.2 Å². The second-order valence-electron chi connectivity index (χ2n) is 7.15. The lowest BCUT2D eigenvalue weighted by Gasteiger charge is -2.28. The molecule has 0 atom stereocenters. The SMILES string of the molecule is O=C(NC1CCOCC1)N1CCCN(c2ccc3nnc(C(F)(F)F)n3n2)CC1. The van der Waals surface area contributed by atoms with Crippen LogP contribution in [0.4, 0.5) is 23.8 Å². The zero-order valence-electron chi connectivity index (χ0n) is 15.7.